The van der Waals surface area contributed by atoms with Crippen molar-refractivity contribution in [2.24, 2.45) is 0 Å². The number of aliphatic hydroxyl groups is 4. The lowest BCUT2D eigenvalue weighted by Crippen LogP contribution is -2.33. The first-order valence-corrected chi connectivity index (χ1v) is 12.7. The van der Waals surface area contributed by atoms with Crippen molar-refractivity contribution in [2.45, 2.75) is 68.7 Å². The van der Waals surface area contributed by atoms with Crippen LogP contribution in [0.15, 0.2) is 25.3 Å². The highest BCUT2D eigenvalue weighted by atomic mass is 16.8. The normalized spacial score (nSPS) is 32.3. The van der Waals surface area contributed by atoms with Gasteiger partial charge in [-0.05, 0) is 13.8 Å². The second-order valence-corrected chi connectivity index (χ2v) is 10.2. The minimum absolute atomic E-state index is 0.152. The van der Waals surface area contributed by atoms with Crippen LogP contribution in [0.5, 0.6) is 0 Å². The molecule has 0 radical (unpaired) electrons. The molecule has 0 bridgehead atoms. The molecule has 18 nitrogen and oxygen atoms in total. The summed E-state index contributed by atoms with van der Waals surface area (Å²) in [6.45, 7) is 3.13. The van der Waals surface area contributed by atoms with Crippen molar-refractivity contribution < 1.29 is 39.4 Å². The Balaban J connectivity index is 0.000000149. The quantitative estimate of drug-likeness (QED) is 0.152. The lowest BCUT2D eigenvalue weighted by Gasteiger charge is -2.24. The second-order valence-electron chi connectivity index (χ2n) is 10.2. The van der Waals surface area contributed by atoms with Crippen LogP contribution in [-0.4, -0.2) is 115 Å². The van der Waals surface area contributed by atoms with E-state index >= 15 is 0 Å². The fourth-order valence-corrected chi connectivity index (χ4v) is 5.25. The highest BCUT2D eigenvalue weighted by molar-refractivity contribution is 5.81. The summed E-state index contributed by atoms with van der Waals surface area (Å²) < 4.78 is 26.3. The number of fused-ring (bicyclic) bond motifs is 3. The van der Waals surface area contributed by atoms with E-state index in [4.69, 9.17) is 35.5 Å². The number of hydrogen-bond donors (Lipinski definition) is 6. The van der Waals surface area contributed by atoms with Crippen LogP contribution in [0.25, 0.3) is 22.3 Å². The van der Waals surface area contributed by atoms with Crippen LogP contribution in [-0.2, 0) is 18.9 Å². The molecule has 0 spiro atoms. The van der Waals surface area contributed by atoms with Crippen LogP contribution in [0, 0.1) is 0 Å². The van der Waals surface area contributed by atoms with Crippen molar-refractivity contribution >= 4 is 34.0 Å². The zero-order chi connectivity index (χ0) is 29.1. The van der Waals surface area contributed by atoms with E-state index in [1.165, 1.54) is 23.5 Å². The third kappa shape index (κ3) is 4.63. The molecule has 0 aliphatic carbocycles. The molecule has 7 heterocycles. The number of aromatic nitrogens is 8. The van der Waals surface area contributed by atoms with Gasteiger partial charge in [0.2, 0.25) is 0 Å². The fourth-order valence-electron chi connectivity index (χ4n) is 5.25. The maximum absolute atomic E-state index is 9.95. The highest BCUT2D eigenvalue weighted by Gasteiger charge is 2.56. The van der Waals surface area contributed by atoms with E-state index in [0.717, 1.165) is 0 Å². The Morgan fingerprint density at radius 2 is 1.24 bits per heavy atom. The van der Waals surface area contributed by atoms with Gasteiger partial charge in [-0.2, -0.15) is 0 Å². The summed E-state index contributed by atoms with van der Waals surface area (Å²) in [6.07, 6.45) is -0.125. The predicted molar refractivity (Wildman–Crippen MR) is 137 cm³/mol. The number of aliphatic hydroxyl groups excluding tert-OH is 4. The Morgan fingerprint density at radius 1 is 0.732 bits per heavy atom. The molecule has 41 heavy (non-hydrogen) atoms. The van der Waals surface area contributed by atoms with Crippen molar-refractivity contribution in [3.05, 3.63) is 25.3 Å². The average molecular weight is 575 g/mol. The molecule has 7 rings (SSSR count). The minimum Gasteiger partial charge on any atom is -0.394 e. The maximum atomic E-state index is 9.95. The van der Waals surface area contributed by atoms with Gasteiger partial charge in [0.1, 0.15) is 60.3 Å². The molecule has 18 heteroatoms. The zero-order valence-electron chi connectivity index (χ0n) is 22.0. The molecular formula is C23H30N10O8. The Hall–Kier alpha value is -3.62. The SMILES string of the molecule is CC1(C)OC2[C@@H](CO)O[C@@H](n3cnc4c(N)ncnc43)[C@H]2O1.Nc1ncnc2c1ncn2[C@@H]1O[C@H](CO)C(O)[C@@H]1O. The second kappa shape index (κ2) is 10.3. The summed E-state index contributed by atoms with van der Waals surface area (Å²) in [7, 11) is 0. The van der Waals surface area contributed by atoms with Gasteiger partial charge < -0.3 is 50.8 Å². The monoisotopic (exact) mass is 574 g/mol. The minimum atomic E-state index is -1.19. The molecule has 3 aliphatic rings. The summed E-state index contributed by atoms with van der Waals surface area (Å²) in [5.41, 5.74) is 13.3. The summed E-state index contributed by atoms with van der Waals surface area (Å²) >= 11 is 0. The molecule has 3 aliphatic heterocycles. The molecule has 0 saturated carbocycles. The first-order valence-electron chi connectivity index (χ1n) is 12.7. The number of anilines is 2. The summed E-state index contributed by atoms with van der Waals surface area (Å²) in [5.74, 6) is -0.203. The van der Waals surface area contributed by atoms with Crippen LogP contribution >= 0.6 is 0 Å². The van der Waals surface area contributed by atoms with E-state index in [1.807, 2.05) is 13.8 Å². The van der Waals surface area contributed by atoms with Crippen molar-refractivity contribution in [3.8, 4) is 0 Å². The number of hydrogen-bond acceptors (Lipinski definition) is 16. The van der Waals surface area contributed by atoms with Gasteiger partial charge in [0.15, 0.2) is 41.2 Å². The smallest absolute Gasteiger partial charge is 0.167 e. The predicted octanol–water partition coefficient (Wildman–Crippen LogP) is -2.16. The first-order chi connectivity index (χ1) is 19.6. The van der Waals surface area contributed by atoms with E-state index in [2.05, 4.69) is 29.9 Å². The van der Waals surface area contributed by atoms with Crippen LogP contribution in [0.3, 0.4) is 0 Å². The Kier molecular flexibility index (Phi) is 6.94. The number of rotatable bonds is 4. The van der Waals surface area contributed by atoms with E-state index in [1.54, 1.807) is 10.9 Å². The molecule has 220 valence electrons. The summed E-state index contributed by atoms with van der Waals surface area (Å²) in [6, 6.07) is 0. The standard InChI is InChI=1S/C13H17N5O4.C10H13N5O4/c1-13(2)21-8-6(3-19)20-12(9(8)22-13)18-5-17-7-10(14)15-4-16-11(7)18;11-8-5-9(13-2-12-8)15(3-14-5)10-7(18)6(17)4(1-16)19-10/h4-6,8-9,12,19H,3H2,1-2H3,(H2,14,15,16);2-4,6-7,10,16-18H,1H2,(H2,11,12,13)/t6-,8?,9+,12-;4-,6?,7+,10-/m11/s1. The Morgan fingerprint density at radius 3 is 1.78 bits per heavy atom. The lowest BCUT2D eigenvalue weighted by molar-refractivity contribution is -0.199. The van der Waals surface area contributed by atoms with Gasteiger partial charge in [0.25, 0.3) is 0 Å². The van der Waals surface area contributed by atoms with Gasteiger partial charge in [0.05, 0.1) is 25.9 Å². The van der Waals surface area contributed by atoms with E-state index in [0.29, 0.717) is 28.1 Å². The molecule has 3 fully saturated rings. The van der Waals surface area contributed by atoms with Gasteiger partial charge >= 0.3 is 0 Å². The molecule has 0 aromatic carbocycles. The first kappa shape index (κ1) is 27.5. The van der Waals surface area contributed by atoms with Crippen LogP contribution in [0.1, 0.15) is 26.3 Å². The van der Waals surface area contributed by atoms with Gasteiger partial charge in [-0.15, -0.1) is 0 Å². The van der Waals surface area contributed by atoms with E-state index in [9.17, 15) is 15.3 Å². The van der Waals surface area contributed by atoms with Crippen molar-refractivity contribution in [2.75, 3.05) is 24.7 Å². The van der Waals surface area contributed by atoms with Gasteiger partial charge in [-0.3, -0.25) is 9.13 Å². The summed E-state index contributed by atoms with van der Waals surface area (Å²) in [4.78, 5) is 24.3. The number of nitrogens with two attached hydrogens (primary N) is 2. The topological polar surface area (TPSA) is 257 Å². The average Bonchev–Trinajstić information content (AvgIpc) is 3.74. The zero-order valence-corrected chi connectivity index (χ0v) is 22.0. The van der Waals surface area contributed by atoms with Crippen molar-refractivity contribution in [3.63, 3.8) is 0 Å². The molecule has 2 unspecified atom stereocenters. The van der Waals surface area contributed by atoms with Crippen molar-refractivity contribution in [1.82, 2.24) is 39.0 Å². The number of nitrogens with zero attached hydrogens (tertiary/aromatic N) is 8. The molecular weight excluding hydrogens is 544 g/mol. The fraction of sp³-hybridized carbons (Fsp3) is 0.565. The maximum Gasteiger partial charge on any atom is 0.167 e. The lowest BCUT2D eigenvalue weighted by atomic mass is 10.1. The van der Waals surface area contributed by atoms with E-state index in [-0.39, 0.29) is 24.6 Å². The van der Waals surface area contributed by atoms with Crippen LogP contribution < -0.4 is 11.5 Å². The number of ether oxygens (including phenoxy) is 4. The van der Waals surface area contributed by atoms with Gasteiger partial charge in [0, 0.05) is 0 Å². The van der Waals surface area contributed by atoms with E-state index < -0.39 is 49.3 Å². The summed E-state index contributed by atoms with van der Waals surface area (Å²) in [5, 5.41) is 38.3. The third-order valence-electron chi connectivity index (χ3n) is 7.14. The van der Waals surface area contributed by atoms with Crippen LogP contribution in [0.2, 0.25) is 0 Å². The molecule has 4 aromatic rings. The Bertz CT molecular complexity index is 1550. The highest BCUT2D eigenvalue weighted by Crippen LogP contribution is 2.43. The molecule has 8 atom stereocenters. The number of imidazole rings is 2. The van der Waals surface area contributed by atoms with Gasteiger partial charge in [-0.1, -0.05) is 0 Å². The third-order valence-corrected chi connectivity index (χ3v) is 7.14. The van der Waals surface area contributed by atoms with Gasteiger partial charge in [-0.25, -0.2) is 29.9 Å². The Labute approximate surface area is 231 Å². The van der Waals surface area contributed by atoms with Crippen molar-refractivity contribution in [1.29, 1.82) is 0 Å². The molecule has 8 N–H and O–H groups in total. The molecule has 3 saturated heterocycles. The number of nitrogen functional groups attached to an aromatic ring is 2. The molecule has 0 amide bonds. The molecule has 4 aromatic heterocycles. The van der Waals surface area contributed by atoms with Crippen LogP contribution in [0.4, 0.5) is 11.6 Å². The largest absolute Gasteiger partial charge is 0.394 e.